The highest BCUT2D eigenvalue weighted by atomic mass is 35.5. The van der Waals surface area contributed by atoms with Gasteiger partial charge in [-0.3, -0.25) is 0 Å². The second-order valence-corrected chi connectivity index (χ2v) is 4.95. The Morgan fingerprint density at radius 1 is 1.10 bits per heavy atom. The van der Waals surface area contributed by atoms with E-state index >= 15 is 0 Å². The van der Waals surface area contributed by atoms with Gasteiger partial charge in [0.25, 0.3) is 0 Å². The second kappa shape index (κ2) is 6.77. The summed E-state index contributed by atoms with van der Waals surface area (Å²) in [6.45, 7) is 4.84. The van der Waals surface area contributed by atoms with Crippen molar-refractivity contribution in [1.82, 2.24) is 9.97 Å². The van der Waals surface area contributed by atoms with Gasteiger partial charge in [0, 0.05) is 19.0 Å². The zero-order chi connectivity index (χ0) is 14.5. The van der Waals surface area contributed by atoms with Crippen molar-refractivity contribution in [2.24, 2.45) is 0 Å². The van der Waals surface area contributed by atoms with Crippen molar-refractivity contribution in [3.63, 3.8) is 0 Å². The van der Waals surface area contributed by atoms with Gasteiger partial charge in [0.2, 0.25) is 0 Å². The number of hydrogen-bond acceptors (Lipinski definition) is 4. The molecule has 0 amide bonds. The number of aromatic nitrogens is 2. The molecule has 0 atom stereocenters. The molecule has 0 aliphatic heterocycles. The minimum Gasteiger partial charge on any atom is -0.370 e. The van der Waals surface area contributed by atoms with E-state index in [2.05, 4.69) is 20.6 Å². The van der Waals surface area contributed by atoms with E-state index in [1.807, 2.05) is 32.0 Å². The number of hydrogen-bond donors (Lipinski definition) is 2. The number of halogens is 2. The van der Waals surface area contributed by atoms with Crippen LogP contribution in [0.3, 0.4) is 0 Å². The molecule has 0 aliphatic carbocycles. The quantitative estimate of drug-likeness (QED) is 0.852. The molecule has 0 saturated heterocycles. The van der Waals surface area contributed by atoms with Crippen LogP contribution in [-0.2, 0) is 6.42 Å². The van der Waals surface area contributed by atoms with Gasteiger partial charge < -0.3 is 10.6 Å². The van der Waals surface area contributed by atoms with Gasteiger partial charge in [0.1, 0.15) is 17.5 Å². The summed E-state index contributed by atoms with van der Waals surface area (Å²) >= 11 is 12.2. The first-order valence-corrected chi connectivity index (χ1v) is 7.22. The summed E-state index contributed by atoms with van der Waals surface area (Å²) in [5.74, 6) is 2.25. The summed E-state index contributed by atoms with van der Waals surface area (Å²) in [6.07, 6.45) is 0.761. The standard InChI is InChI=1S/C14H16Cl2N4/c1-3-11-19-12(17-4-2)8-13(20-11)18-10-7-5-6-9(15)14(10)16/h5-8H,3-4H2,1-2H3,(H2,17,18,19,20). The monoisotopic (exact) mass is 310 g/mol. The molecule has 2 N–H and O–H groups in total. The van der Waals surface area contributed by atoms with E-state index in [0.717, 1.165) is 30.3 Å². The topological polar surface area (TPSA) is 49.8 Å². The lowest BCUT2D eigenvalue weighted by Crippen LogP contribution is -2.05. The van der Waals surface area contributed by atoms with Gasteiger partial charge in [-0.1, -0.05) is 36.2 Å². The van der Waals surface area contributed by atoms with E-state index in [0.29, 0.717) is 15.9 Å². The molecule has 20 heavy (non-hydrogen) atoms. The van der Waals surface area contributed by atoms with E-state index in [1.54, 1.807) is 6.07 Å². The summed E-state index contributed by atoms with van der Waals surface area (Å²) in [6, 6.07) is 7.29. The van der Waals surface area contributed by atoms with Gasteiger partial charge in [-0.15, -0.1) is 0 Å². The van der Waals surface area contributed by atoms with Crippen molar-refractivity contribution in [3.8, 4) is 0 Å². The molecular weight excluding hydrogens is 295 g/mol. The maximum absolute atomic E-state index is 6.16. The Bertz CT molecular complexity index is 602. The third-order valence-electron chi connectivity index (χ3n) is 2.66. The van der Waals surface area contributed by atoms with Crippen LogP contribution in [-0.4, -0.2) is 16.5 Å². The number of aryl methyl sites for hydroxylation is 1. The molecule has 2 rings (SSSR count). The molecule has 1 aromatic heterocycles. The molecular formula is C14H16Cl2N4. The normalized spacial score (nSPS) is 10.4. The first kappa shape index (κ1) is 14.9. The lowest BCUT2D eigenvalue weighted by molar-refractivity contribution is 0.939. The molecule has 0 unspecified atom stereocenters. The van der Waals surface area contributed by atoms with E-state index in [-0.39, 0.29) is 0 Å². The fourth-order valence-electron chi connectivity index (χ4n) is 1.73. The average molecular weight is 311 g/mol. The van der Waals surface area contributed by atoms with Gasteiger partial charge in [0.15, 0.2) is 0 Å². The number of nitrogens with zero attached hydrogens (tertiary/aromatic N) is 2. The van der Waals surface area contributed by atoms with E-state index in [4.69, 9.17) is 23.2 Å². The second-order valence-electron chi connectivity index (χ2n) is 4.16. The van der Waals surface area contributed by atoms with Crippen molar-refractivity contribution in [3.05, 3.63) is 40.1 Å². The molecule has 0 aliphatic rings. The molecule has 0 fully saturated rings. The zero-order valence-corrected chi connectivity index (χ0v) is 12.9. The SMILES string of the molecule is CCNc1cc(Nc2cccc(Cl)c2Cl)nc(CC)n1. The van der Waals surface area contributed by atoms with Crippen LogP contribution >= 0.6 is 23.2 Å². The average Bonchev–Trinajstić information content (AvgIpc) is 2.44. The molecule has 0 saturated carbocycles. The minimum atomic E-state index is 0.482. The third-order valence-corrected chi connectivity index (χ3v) is 3.48. The number of anilines is 3. The van der Waals surface area contributed by atoms with Gasteiger partial charge in [0.05, 0.1) is 15.7 Å². The maximum atomic E-state index is 6.16. The fourth-order valence-corrected chi connectivity index (χ4v) is 2.08. The van der Waals surface area contributed by atoms with Gasteiger partial charge in [-0.25, -0.2) is 9.97 Å². The van der Waals surface area contributed by atoms with E-state index in [1.165, 1.54) is 0 Å². The Morgan fingerprint density at radius 3 is 2.55 bits per heavy atom. The summed E-state index contributed by atoms with van der Waals surface area (Å²) < 4.78 is 0. The Kier molecular flexibility index (Phi) is 5.04. The van der Waals surface area contributed by atoms with E-state index in [9.17, 15) is 0 Å². The highest BCUT2D eigenvalue weighted by Gasteiger charge is 2.07. The number of nitrogens with one attached hydrogen (secondary N) is 2. The van der Waals surface area contributed by atoms with Crippen molar-refractivity contribution < 1.29 is 0 Å². The Hall–Kier alpha value is -1.52. The minimum absolute atomic E-state index is 0.482. The van der Waals surface area contributed by atoms with Crippen LogP contribution in [0.4, 0.5) is 17.3 Å². The van der Waals surface area contributed by atoms with Crippen LogP contribution in [0.5, 0.6) is 0 Å². The van der Waals surface area contributed by atoms with Crippen LogP contribution < -0.4 is 10.6 Å². The molecule has 6 heteroatoms. The van der Waals surface area contributed by atoms with E-state index < -0.39 is 0 Å². The predicted molar refractivity (Wildman–Crippen MR) is 85.3 cm³/mol. The molecule has 1 heterocycles. The zero-order valence-electron chi connectivity index (χ0n) is 11.4. The van der Waals surface area contributed by atoms with Gasteiger partial charge in [-0.05, 0) is 19.1 Å². The fraction of sp³-hybridized carbons (Fsp3) is 0.286. The summed E-state index contributed by atoms with van der Waals surface area (Å²) in [7, 11) is 0. The molecule has 2 aromatic rings. The van der Waals surface area contributed by atoms with Crippen molar-refractivity contribution in [1.29, 1.82) is 0 Å². The largest absolute Gasteiger partial charge is 0.370 e. The molecule has 0 radical (unpaired) electrons. The van der Waals surface area contributed by atoms with Crippen LogP contribution in [0, 0.1) is 0 Å². The molecule has 106 valence electrons. The van der Waals surface area contributed by atoms with Crippen LogP contribution in [0.2, 0.25) is 10.0 Å². The summed E-state index contributed by atoms with van der Waals surface area (Å²) in [5, 5.41) is 7.35. The molecule has 1 aromatic carbocycles. The molecule has 0 bridgehead atoms. The highest BCUT2D eigenvalue weighted by molar-refractivity contribution is 6.43. The first-order chi connectivity index (χ1) is 9.63. The van der Waals surface area contributed by atoms with Crippen molar-refractivity contribution in [2.75, 3.05) is 17.2 Å². The smallest absolute Gasteiger partial charge is 0.136 e. The van der Waals surface area contributed by atoms with Crippen LogP contribution in [0.25, 0.3) is 0 Å². The van der Waals surface area contributed by atoms with Gasteiger partial charge >= 0.3 is 0 Å². The van der Waals surface area contributed by atoms with Crippen molar-refractivity contribution >= 4 is 40.5 Å². The van der Waals surface area contributed by atoms with Crippen LogP contribution in [0.15, 0.2) is 24.3 Å². The molecule has 4 nitrogen and oxygen atoms in total. The summed E-state index contributed by atoms with van der Waals surface area (Å²) in [5.41, 5.74) is 0.724. The van der Waals surface area contributed by atoms with Crippen LogP contribution in [0.1, 0.15) is 19.7 Å². The Balaban J connectivity index is 2.32. The lowest BCUT2D eigenvalue weighted by atomic mass is 10.3. The third kappa shape index (κ3) is 3.52. The van der Waals surface area contributed by atoms with Crippen molar-refractivity contribution in [2.45, 2.75) is 20.3 Å². The maximum Gasteiger partial charge on any atom is 0.136 e. The number of rotatable bonds is 5. The highest BCUT2D eigenvalue weighted by Crippen LogP contribution is 2.31. The Labute approximate surface area is 128 Å². The predicted octanol–water partition coefficient (Wildman–Crippen LogP) is 4.52. The molecule has 0 spiro atoms. The first-order valence-electron chi connectivity index (χ1n) is 6.47. The van der Waals surface area contributed by atoms with Gasteiger partial charge in [-0.2, -0.15) is 0 Å². The number of benzene rings is 1. The summed E-state index contributed by atoms with van der Waals surface area (Å²) in [4.78, 5) is 8.84. The lowest BCUT2D eigenvalue weighted by Gasteiger charge is -2.11. The Morgan fingerprint density at radius 2 is 1.85 bits per heavy atom.